The first-order valence-electron chi connectivity index (χ1n) is 16.3. The SMILES string of the molecule is CCCCCCCCCC(=O)O[C@@]12C[C@@H](C)[C@]34C=C(C)[C@H](OC(=O)CCC)[C@@]3(O)[C@H](O)C(CO)=C[C@H](C4O)[C@@H]1C2(C)C. The van der Waals surface area contributed by atoms with Gasteiger partial charge in [-0.15, -0.1) is 0 Å². The second kappa shape index (κ2) is 12.3. The maximum atomic E-state index is 13.3. The molecule has 0 heterocycles. The molecule has 2 saturated carbocycles. The number of carbonyl (C=O) groups excluding carboxylic acids is 2. The summed E-state index contributed by atoms with van der Waals surface area (Å²) in [5.74, 6) is -2.12. The molecule has 4 rings (SSSR count). The Morgan fingerprint density at radius 2 is 1.62 bits per heavy atom. The molecule has 4 aliphatic carbocycles. The van der Waals surface area contributed by atoms with E-state index in [1.807, 2.05) is 27.7 Å². The quantitative estimate of drug-likeness (QED) is 0.137. The first kappa shape index (κ1) is 33.2. The van der Waals surface area contributed by atoms with Crippen molar-refractivity contribution < 1.29 is 39.5 Å². The Morgan fingerprint density at radius 1 is 0.976 bits per heavy atom. The molecule has 0 amide bonds. The fourth-order valence-corrected chi connectivity index (χ4v) is 9.08. The summed E-state index contributed by atoms with van der Waals surface area (Å²) in [5.41, 5.74) is -4.16. The molecule has 0 radical (unpaired) electrons. The first-order valence-corrected chi connectivity index (χ1v) is 16.3. The number of aliphatic hydroxyl groups excluding tert-OH is 3. The van der Waals surface area contributed by atoms with E-state index in [2.05, 4.69) is 6.92 Å². The van der Waals surface area contributed by atoms with Gasteiger partial charge < -0.3 is 29.9 Å². The van der Waals surface area contributed by atoms with E-state index in [1.165, 1.54) is 25.7 Å². The number of rotatable bonds is 13. The zero-order valence-electron chi connectivity index (χ0n) is 26.5. The lowest BCUT2D eigenvalue weighted by Crippen LogP contribution is -2.67. The van der Waals surface area contributed by atoms with Gasteiger partial charge in [-0.2, -0.15) is 0 Å². The number of hydrogen-bond acceptors (Lipinski definition) is 8. The Morgan fingerprint density at radius 3 is 2.24 bits per heavy atom. The number of ether oxygens (including phenoxy) is 2. The topological polar surface area (TPSA) is 134 Å². The van der Waals surface area contributed by atoms with Crippen molar-refractivity contribution in [1.82, 2.24) is 0 Å². The maximum Gasteiger partial charge on any atom is 0.306 e. The van der Waals surface area contributed by atoms with Crippen molar-refractivity contribution in [2.45, 2.75) is 142 Å². The van der Waals surface area contributed by atoms with Gasteiger partial charge in [-0.1, -0.05) is 85.3 Å². The highest BCUT2D eigenvalue weighted by Gasteiger charge is 2.83. The molecule has 8 nitrogen and oxygen atoms in total. The van der Waals surface area contributed by atoms with E-state index in [1.54, 1.807) is 19.1 Å². The Bertz CT molecular complexity index is 1080. The third-order valence-corrected chi connectivity index (χ3v) is 11.3. The lowest BCUT2D eigenvalue weighted by atomic mass is 9.58. The Balaban J connectivity index is 1.66. The van der Waals surface area contributed by atoms with Crippen molar-refractivity contribution in [3.05, 3.63) is 23.3 Å². The zero-order valence-corrected chi connectivity index (χ0v) is 26.5. The molecular weight excluding hydrogens is 536 g/mol. The van der Waals surface area contributed by atoms with Crippen LogP contribution in [0.5, 0.6) is 0 Å². The summed E-state index contributed by atoms with van der Waals surface area (Å²) in [7, 11) is 0. The van der Waals surface area contributed by atoms with Gasteiger partial charge in [0.25, 0.3) is 0 Å². The van der Waals surface area contributed by atoms with Gasteiger partial charge in [0.1, 0.15) is 17.3 Å². The van der Waals surface area contributed by atoms with Crippen LogP contribution >= 0.6 is 0 Å². The lowest BCUT2D eigenvalue weighted by Gasteiger charge is -2.52. The molecule has 238 valence electrons. The van der Waals surface area contributed by atoms with Crippen LogP contribution in [0.15, 0.2) is 23.3 Å². The van der Waals surface area contributed by atoms with Gasteiger partial charge in [0.15, 0.2) is 6.10 Å². The van der Waals surface area contributed by atoms with Gasteiger partial charge in [0, 0.05) is 30.1 Å². The molecule has 42 heavy (non-hydrogen) atoms. The minimum Gasteiger partial charge on any atom is -0.458 e. The minimum absolute atomic E-state index is 0.153. The Hall–Kier alpha value is -1.74. The fraction of sp³-hybridized carbons (Fsp3) is 0.824. The van der Waals surface area contributed by atoms with Gasteiger partial charge in [0.2, 0.25) is 0 Å². The van der Waals surface area contributed by atoms with Crippen LogP contribution in [0.3, 0.4) is 0 Å². The van der Waals surface area contributed by atoms with E-state index < -0.39 is 64.8 Å². The molecule has 1 spiro atoms. The van der Waals surface area contributed by atoms with Crippen molar-refractivity contribution >= 4 is 11.9 Å². The number of esters is 2. The van der Waals surface area contributed by atoms with E-state index in [-0.39, 0.29) is 23.9 Å². The normalized spacial score (nSPS) is 39.7. The largest absolute Gasteiger partial charge is 0.458 e. The van der Waals surface area contributed by atoms with Gasteiger partial charge in [0.05, 0.1) is 18.1 Å². The van der Waals surface area contributed by atoms with Gasteiger partial charge in [-0.25, -0.2) is 0 Å². The lowest BCUT2D eigenvalue weighted by molar-refractivity contribution is -0.225. The second-order valence-corrected chi connectivity index (χ2v) is 14.1. The fourth-order valence-electron chi connectivity index (χ4n) is 9.08. The molecule has 0 aromatic rings. The van der Waals surface area contributed by atoms with E-state index in [0.29, 0.717) is 24.8 Å². The van der Waals surface area contributed by atoms with Crippen molar-refractivity contribution in [2.75, 3.05) is 6.61 Å². The number of hydrogen-bond donors (Lipinski definition) is 4. The van der Waals surface area contributed by atoms with Crippen LogP contribution in [0, 0.1) is 28.6 Å². The minimum atomic E-state index is -2.12. The average Bonchev–Trinajstić information content (AvgIpc) is 3.33. The third kappa shape index (κ3) is 4.98. The molecule has 0 aromatic carbocycles. The molecule has 0 aromatic heterocycles. The van der Waals surface area contributed by atoms with E-state index >= 15 is 0 Å². The van der Waals surface area contributed by atoms with E-state index in [0.717, 1.165) is 19.3 Å². The monoisotopic (exact) mass is 590 g/mol. The Labute approximate surface area is 251 Å². The van der Waals surface area contributed by atoms with Crippen LogP contribution in [0.2, 0.25) is 0 Å². The molecule has 2 fully saturated rings. The standard InChI is InChI=1S/C34H54O8/c1-7-9-10-11-12-13-14-16-26(37)42-33-19-22(4)32-18-21(3)30(41-25(36)15-8-2)34(32,40)28(38)23(20-35)17-24(29(32)39)27(33)31(33,5)6/h17-18,22,24,27-30,35,38-40H,7-16,19-20H2,1-6H3/t22-,24+,27-,28-,29?,30+,32+,33+,34+/m1/s1. The summed E-state index contributed by atoms with van der Waals surface area (Å²) < 4.78 is 12.2. The Kier molecular flexibility index (Phi) is 9.74. The molecular formula is C34H54O8. The average molecular weight is 591 g/mol. The molecule has 0 saturated heterocycles. The maximum absolute atomic E-state index is 13.3. The molecule has 4 aliphatic rings. The molecule has 0 aliphatic heterocycles. The smallest absolute Gasteiger partial charge is 0.306 e. The van der Waals surface area contributed by atoms with Gasteiger partial charge in [-0.3, -0.25) is 9.59 Å². The molecule has 2 bridgehead atoms. The van der Waals surface area contributed by atoms with E-state index in [9.17, 15) is 30.0 Å². The highest BCUT2D eigenvalue weighted by Crippen LogP contribution is 2.76. The van der Waals surface area contributed by atoms with Crippen molar-refractivity contribution in [3.63, 3.8) is 0 Å². The van der Waals surface area contributed by atoms with Gasteiger partial charge >= 0.3 is 11.9 Å². The molecule has 4 N–H and O–H groups in total. The summed E-state index contributed by atoms with van der Waals surface area (Å²) in [6.45, 7) is 11.2. The summed E-state index contributed by atoms with van der Waals surface area (Å²) in [4.78, 5) is 25.9. The van der Waals surface area contributed by atoms with Crippen molar-refractivity contribution in [1.29, 1.82) is 0 Å². The van der Waals surface area contributed by atoms with Crippen LogP contribution in [0.4, 0.5) is 0 Å². The highest BCUT2D eigenvalue weighted by atomic mass is 16.6. The third-order valence-electron chi connectivity index (χ3n) is 11.3. The summed E-state index contributed by atoms with van der Waals surface area (Å²) in [5, 5.41) is 46.9. The van der Waals surface area contributed by atoms with Crippen LogP contribution in [0.25, 0.3) is 0 Å². The summed E-state index contributed by atoms with van der Waals surface area (Å²) >= 11 is 0. The molecule has 8 heteroatoms. The predicted molar refractivity (Wildman–Crippen MR) is 159 cm³/mol. The second-order valence-electron chi connectivity index (χ2n) is 14.1. The number of carbonyl (C=O) groups is 2. The van der Waals surface area contributed by atoms with Crippen molar-refractivity contribution in [3.8, 4) is 0 Å². The van der Waals surface area contributed by atoms with E-state index in [4.69, 9.17) is 9.47 Å². The number of unbranched alkanes of at least 4 members (excludes halogenated alkanes) is 6. The van der Waals surface area contributed by atoms with Crippen molar-refractivity contribution in [2.24, 2.45) is 28.6 Å². The van der Waals surface area contributed by atoms with Gasteiger partial charge in [-0.05, 0) is 43.3 Å². The highest BCUT2D eigenvalue weighted by molar-refractivity contribution is 5.71. The predicted octanol–water partition coefficient (Wildman–Crippen LogP) is 4.76. The summed E-state index contributed by atoms with van der Waals surface area (Å²) in [6, 6.07) is 0. The number of aliphatic hydroxyl groups is 4. The molecule has 1 unspecified atom stereocenters. The number of fused-ring (bicyclic) bond motifs is 3. The van der Waals surface area contributed by atoms with Crippen LogP contribution < -0.4 is 0 Å². The van der Waals surface area contributed by atoms with Crippen LogP contribution in [-0.2, 0) is 19.1 Å². The van der Waals surface area contributed by atoms with Crippen LogP contribution in [0.1, 0.15) is 112 Å². The molecule has 9 atom stereocenters. The summed E-state index contributed by atoms with van der Waals surface area (Å²) in [6.07, 6.45) is 8.61. The van der Waals surface area contributed by atoms with Crippen LogP contribution in [-0.4, -0.2) is 68.5 Å². The zero-order chi connectivity index (χ0) is 31.1. The first-order chi connectivity index (χ1) is 19.8.